The molecule has 4 N–H and O–H groups in total. The minimum Gasteiger partial charge on any atom is -0.328 e. The molecular formula is C20H29N2O3PS. The van der Waals surface area contributed by atoms with Gasteiger partial charge in [-0.3, -0.25) is 9.46 Å². The highest BCUT2D eigenvalue weighted by Crippen LogP contribution is 2.39. The zero-order valence-electron chi connectivity index (χ0n) is 15.8. The maximum Gasteiger partial charge on any atom is 0.329 e. The van der Waals surface area contributed by atoms with Gasteiger partial charge >= 0.3 is 7.60 Å². The van der Waals surface area contributed by atoms with Crippen molar-refractivity contribution in [3.05, 3.63) is 57.3 Å². The summed E-state index contributed by atoms with van der Waals surface area (Å²) in [4.78, 5) is 22.2. The molecule has 1 aromatic carbocycles. The third-order valence-corrected chi connectivity index (χ3v) is 7.15. The van der Waals surface area contributed by atoms with Crippen molar-refractivity contribution in [1.29, 1.82) is 0 Å². The molecule has 2 aromatic rings. The van der Waals surface area contributed by atoms with E-state index in [4.69, 9.17) is 15.5 Å². The highest BCUT2D eigenvalue weighted by molar-refractivity contribution is 7.50. The summed E-state index contributed by atoms with van der Waals surface area (Å²) in [5.41, 5.74) is 9.29. The number of benzene rings is 1. The normalized spacial score (nSPS) is 20.9. The Morgan fingerprint density at radius 3 is 2.26 bits per heavy atom. The summed E-state index contributed by atoms with van der Waals surface area (Å²) in [7, 11) is -4.02. The van der Waals surface area contributed by atoms with Crippen molar-refractivity contribution >= 4 is 18.9 Å². The summed E-state index contributed by atoms with van der Waals surface area (Å²) in [5, 5.41) is 2.15. The molecule has 148 valence electrons. The SMILES string of the molecule is Cc1ccsc1CN(Cc1ccc(CP(=O)(O)O)cc1)C1CCC(N)CC1. The molecule has 5 nitrogen and oxygen atoms in total. The Hall–Kier alpha value is -1.01. The monoisotopic (exact) mass is 408 g/mol. The smallest absolute Gasteiger partial charge is 0.328 e. The Kier molecular flexibility index (Phi) is 6.90. The molecule has 0 radical (unpaired) electrons. The van der Waals surface area contributed by atoms with Crippen LogP contribution < -0.4 is 5.73 Å². The number of thiophene rings is 1. The summed E-state index contributed by atoms with van der Waals surface area (Å²) < 4.78 is 11.2. The lowest BCUT2D eigenvalue weighted by molar-refractivity contribution is 0.135. The highest BCUT2D eigenvalue weighted by Gasteiger charge is 2.25. The number of nitrogens with two attached hydrogens (primary N) is 1. The largest absolute Gasteiger partial charge is 0.329 e. The van der Waals surface area contributed by atoms with Gasteiger partial charge in [0.15, 0.2) is 0 Å². The minimum absolute atomic E-state index is 0.202. The van der Waals surface area contributed by atoms with Gasteiger partial charge in [-0.2, -0.15) is 0 Å². The van der Waals surface area contributed by atoms with Gasteiger partial charge in [0.1, 0.15) is 0 Å². The molecule has 1 aliphatic carbocycles. The molecule has 0 spiro atoms. The van der Waals surface area contributed by atoms with Crippen molar-refractivity contribution in [2.45, 2.75) is 63.9 Å². The van der Waals surface area contributed by atoms with Crippen LogP contribution in [0.25, 0.3) is 0 Å². The zero-order valence-corrected chi connectivity index (χ0v) is 17.5. The highest BCUT2D eigenvalue weighted by atomic mass is 32.1. The van der Waals surface area contributed by atoms with Gasteiger partial charge in [0.25, 0.3) is 0 Å². The molecule has 1 saturated carbocycles. The van der Waals surface area contributed by atoms with Crippen LogP contribution in [0, 0.1) is 6.92 Å². The molecule has 1 fully saturated rings. The van der Waals surface area contributed by atoms with E-state index in [1.54, 1.807) is 0 Å². The fourth-order valence-electron chi connectivity index (χ4n) is 3.75. The molecule has 0 aliphatic heterocycles. The van der Waals surface area contributed by atoms with Crippen LogP contribution in [-0.4, -0.2) is 26.8 Å². The van der Waals surface area contributed by atoms with E-state index in [0.29, 0.717) is 17.6 Å². The van der Waals surface area contributed by atoms with E-state index in [0.717, 1.165) is 38.8 Å². The van der Waals surface area contributed by atoms with Crippen molar-refractivity contribution in [2.75, 3.05) is 0 Å². The minimum atomic E-state index is -4.02. The lowest BCUT2D eigenvalue weighted by Gasteiger charge is -2.36. The average molecular weight is 409 g/mol. The molecule has 3 rings (SSSR count). The van der Waals surface area contributed by atoms with Gasteiger partial charge in [-0.1, -0.05) is 24.3 Å². The molecule has 0 unspecified atom stereocenters. The second-order valence-corrected chi connectivity index (χ2v) is 10.3. The molecular weight excluding hydrogens is 379 g/mol. The van der Waals surface area contributed by atoms with Crippen LogP contribution in [0.15, 0.2) is 35.7 Å². The number of rotatable bonds is 7. The number of aryl methyl sites for hydroxylation is 1. The molecule has 7 heteroatoms. The molecule has 0 atom stereocenters. The van der Waals surface area contributed by atoms with Crippen molar-refractivity contribution in [2.24, 2.45) is 5.73 Å². The first-order chi connectivity index (χ1) is 12.8. The molecule has 1 aromatic heterocycles. The topological polar surface area (TPSA) is 86.8 Å². The first-order valence-electron chi connectivity index (χ1n) is 9.45. The van der Waals surface area contributed by atoms with E-state index in [2.05, 4.69) is 23.3 Å². The maximum atomic E-state index is 11.2. The Labute approximate surface area is 165 Å². The Morgan fingerprint density at radius 2 is 1.70 bits per heavy atom. The lowest BCUT2D eigenvalue weighted by Crippen LogP contribution is -2.40. The number of hydrogen-bond acceptors (Lipinski definition) is 4. The lowest BCUT2D eigenvalue weighted by atomic mass is 9.90. The van der Waals surface area contributed by atoms with Crippen molar-refractivity contribution in [3.8, 4) is 0 Å². The van der Waals surface area contributed by atoms with Crippen LogP contribution in [0.4, 0.5) is 0 Å². The average Bonchev–Trinajstić information content (AvgIpc) is 3.00. The third-order valence-electron chi connectivity index (χ3n) is 5.37. The predicted octanol–water partition coefficient (Wildman–Crippen LogP) is 4.01. The Balaban J connectivity index is 1.72. The fourth-order valence-corrected chi connectivity index (χ4v) is 5.37. The van der Waals surface area contributed by atoms with E-state index in [-0.39, 0.29) is 6.16 Å². The van der Waals surface area contributed by atoms with Crippen LogP contribution in [-0.2, 0) is 23.8 Å². The van der Waals surface area contributed by atoms with Crippen LogP contribution in [0.2, 0.25) is 0 Å². The van der Waals surface area contributed by atoms with E-state index in [1.165, 1.54) is 16.0 Å². The van der Waals surface area contributed by atoms with E-state index in [1.807, 2.05) is 35.6 Å². The van der Waals surface area contributed by atoms with Crippen LogP contribution in [0.5, 0.6) is 0 Å². The van der Waals surface area contributed by atoms with Gasteiger partial charge in [-0.15, -0.1) is 11.3 Å². The molecule has 0 bridgehead atoms. The maximum absolute atomic E-state index is 11.2. The van der Waals surface area contributed by atoms with Gasteiger partial charge in [0.2, 0.25) is 0 Å². The Bertz CT molecular complexity index is 779. The standard InChI is InChI=1S/C20H29N2O3PS/c1-15-10-11-27-20(15)13-22(19-8-6-18(21)7-9-19)12-16-2-4-17(5-3-16)14-26(23,24)25/h2-5,10-11,18-19H,6-9,12-14,21H2,1H3,(H2,23,24,25). The fraction of sp³-hybridized carbons (Fsp3) is 0.500. The van der Waals surface area contributed by atoms with Crippen molar-refractivity contribution < 1.29 is 14.4 Å². The van der Waals surface area contributed by atoms with E-state index >= 15 is 0 Å². The van der Waals surface area contributed by atoms with Gasteiger partial charge in [-0.05, 0) is 60.7 Å². The van der Waals surface area contributed by atoms with Gasteiger partial charge < -0.3 is 15.5 Å². The molecule has 0 amide bonds. The molecule has 1 aliphatic rings. The molecule has 0 saturated heterocycles. The van der Waals surface area contributed by atoms with E-state index in [9.17, 15) is 4.57 Å². The first-order valence-corrected chi connectivity index (χ1v) is 12.1. The zero-order chi connectivity index (χ0) is 19.4. The summed E-state index contributed by atoms with van der Waals surface area (Å²) in [5.74, 6) is 0. The van der Waals surface area contributed by atoms with Crippen molar-refractivity contribution in [1.82, 2.24) is 4.90 Å². The molecule has 27 heavy (non-hydrogen) atoms. The van der Waals surface area contributed by atoms with Gasteiger partial charge in [0, 0.05) is 30.1 Å². The summed E-state index contributed by atoms with van der Waals surface area (Å²) in [6, 6.07) is 10.7. The third kappa shape index (κ3) is 6.24. The quantitative estimate of drug-likeness (QED) is 0.603. The van der Waals surface area contributed by atoms with Crippen molar-refractivity contribution in [3.63, 3.8) is 0 Å². The second kappa shape index (κ2) is 8.99. The second-order valence-electron chi connectivity index (χ2n) is 7.64. The van der Waals surface area contributed by atoms with Crippen LogP contribution >= 0.6 is 18.9 Å². The Morgan fingerprint density at radius 1 is 1.07 bits per heavy atom. The van der Waals surface area contributed by atoms with Gasteiger partial charge in [0.05, 0.1) is 6.16 Å². The number of nitrogens with zero attached hydrogens (tertiary/aromatic N) is 1. The number of hydrogen-bond donors (Lipinski definition) is 3. The summed E-state index contributed by atoms with van der Waals surface area (Å²) >= 11 is 1.81. The van der Waals surface area contributed by atoms with E-state index < -0.39 is 7.60 Å². The van der Waals surface area contributed by atoms with Gasteiger partial charge in [-0.25, -0.2) is 0 Å². The predicted molar refractivity (Wildman–Crippen MR) is 111 cm³/mol. The first kappa shape index (κ1) is 20.7. The van der Waals surface area contributed by atoms with Crippen LogP contribution in [0.3, 0.4) is 0 Å². The molecule has 1 heterocycles. The summed E-state index contributed by atoms with van der Waals surface area (Å²) in [6.45, 7) is 3.94. The van der Waals surface area contributed by atoms with Crippen LogP contribution in [0.1, 0.15) is 47.3 Å². The summed E-state index contributed by atoms with van der Waals surface area (Å²) in [6.07, 6.45) is 4.20.